The summed E-state index contributed by atoms with van der Waals surface area (Å²) < 4.78 is 23.3. The first kappa shape index (κ1) is 13.0. The zero-order valence-electron chi connectivity index (χ0n) is 9.99. The van der Waals surface area contributed by atoms with Crippen molar-refractivity contribution in [2.75, 3.05) is 12.3 Å². The SMILES string of the molecule is CC1CCNC(CCS(=O)(=O)C(C)C)C1. The van der Waals surface area contributed by atoms with Gasteiger partial charge < -0.3 is 5.32 Å². The Morgan fingerprint density at radius 3 is 2.60 bits per heavy atom. The van der Waals surface area contributed by atoms with Crippen molar-refractivity contribution in [3.8, 4) is 0 Å². The molecule has 1 fully saturated rings. The Balaban J connectivity index is 2.37. The van der Waals surface area contributed by atoms with Gasteiger partial charge in [-0.2, -0.15) is 0 Å². The Bertz CT molecular complexity index is 285. The molecule has 2 unspecified atom stereocenters. The van der Waals surface area contributed by atoms with E-state index >= 15 is 0 Å². The minimum atomic E-state index is -2.86. The van der Waals surface area contributed by atoms with Crippen LogP contribution >= 0.6 is 0 Å². The predicted molar refractivity (Wildman–Crippen MR) is 63.7 cm³/mol. The molecule has 3 nitrogen and oxygen atoms in total. The molecule has 4 heteroatoms. The van der Waals surface area contributed by atoms with E-state index in [4.69, 9.17) is 0 Å². The predicted octanol–water partition coefficient (Wildman–Crippen LogP) is 1.59. The fourth-order valence-corrected chi connectivity index (χ4v) is 3.07. The van der Waals surface area contributed by atoms with E-state index in [-0.39, 0.29) is 5.25 Å². The van der Waals surface area contributed by atoms with Gasteiger partial charge in [-0.3, -0.25) is 0 Å². The lowest BCUT2D eigenvalue weighted by Gasteiger charge is -2.28. The fourth-order valence-electron chi connectivity index (χ4n) is 1.98. The Labute approximate surface area is 93.6 Å². The molecule has 1 aliphatic heterocycles. The van der Waals surface area contributed by atoms with Gasteiger partial charge in [-0.15, -0.1) is 0 Å². The van der Waals surface area contributed by atoms with Crippen LogP contribution in [-0.4, -0.2) is 32.0 Å². The first-order valence-corrected chi connectivity index (χ1v) is 7.58. The second kappa shape index (κ2) is 5.30. The molecule has 90 valence electrons. The highest BCUT2D eigenvalue weighted by atomic mass is 32.2. The molecule has 0 aromatic rings. The molecule has 0 spiro atoms. The van der Waals surface area contributed by atoms with Gasteiger partial charge in [0.05, 0.1) is 11.0 Å². The van der Waals surface area contributed by atoms with Crippen molar-refractivity contribution < 1.29 is 8.42 Å². The average molecular weight is 233 g/mol. The molecule has 0 amide bonds. The van der Waals surface area contributed by atoms with Crippen LogP contribution in [0.25, 0.3) is 0 Å². The third kappa shape index (κ3) is 4.11. The minimum absolute atomic E-state index is 0.237. The molecular formula is C11H23NO2S. The molecular weight excluding hydrogens is 210 g/mol. The first-order valence-electron chi connectivity index (χ1n) is 5.86. The second-order valence-corrected chi connectivity index (χ2v) is 7.66. The molecule has 0 bridgehead atoms. The Morgan fingerprint density at radius 1 is 1.40 bits per heavy atom. The normalized spacial score (nSPS) is 28.3. The van der Waals surface area contributed by atoms with Crippen molar-refractivity contribution in [2.45, 2.75) is 51.3 Å². The van der Waals surface area contributed by atoms with Crippen molar-refractivity contribution >= 4 is 9.84 Å². The lowest BCUT2D eigenvalue weighted by molar-refractivity contribution is 0.314. The van der Waals surface area contributed by atoms with Crippen molar-refractivity contribution in [1.29, 1.82) is 0 Å². The second-order valence-electron chi connectivity index (χ2n) is 4.99. The first-order chi connectivity index (χ1) is 6.92. The summed E-state index contributed by atoms with van der Waals surface area (Å²) in [7, 11) is -2.86. The van der Waals surface area contributed by atoms with E-state index in [2.05, 4.69) is 12.2 Å². The highest BCUT2D eigenvalue weighted by molar-refractivity contribution is 7.91. The van der Waals surface area contributed by atoms with Crippen LogP contribution in [0.1, 0.15) is 40.0 Å². The van der Waals surface area contributed by atoms with Crippen molar-refractivity contribution in [3.63, 3.8) is 0 Å². The fraction of sp³-hybridized carbons (Fsp3) is 1.00. The van der Waals surface area contributed by atoms with Crippen LogP contribution in [0.15, 0.2) is 0 Å². The number of sulfone groups is 1. The molecule has 0 saturated carbocycles. The zero-order valence-corrected chi connectivity index (χ0v) is 10.8. The van der Waals surface area contributed by atoms with E-state index in [1.165, 1.54) is 6.42 Å². The van der Waals surface area contributed by atoms with Gasteiger partial charge >= 0.3 is 0 Å². The topological polar surface area (TPSA) is 46.2 Å². The Kier molecular flexibility index (Phi) is 4.59. The number of nitrogens with one attached hydrogen (secondary N) is 1. The summed E-state index contributed by atoms with van der Waals surface area (Å²) in [5.41, 5.74) is 0. The van der Waals surface area contributed by atoms with Crippen LogP contribution in [0.5, 0.6) is 0 Å². The van der Waals surface area contributed by atoms with Gasteiger partial charge in [0.15, 0.2) is 9.84 Å². The van der Waals surface area contributed by atoms with Crippen LogP contribution in [0.2, 0.25) is 0 Å². The number of piperidine rings is 1. The molecule has 1 aliphatic rings. The molecule has 1 N–H and O–H groups in total. The van der Waals surface area contributed by atoms with Crippen LogP contribution < -0.4 is 5.32 Å². The average Bonchev–Trinajstić information content (AvgIpc) is 2.15. The third-order valence-corrected chi connectivity index (χ3v) is 5.47. The van der Waals surface area contributed by atoms with Gasteiger partial charge in [0.2, 0.25) is 0 Å². The summed E-state index contributed by atoms with van der Waals surface area (Å²) in [6.45, 7) is 6.79. The number of hydrogen-bond donors (Lipinski definition) is 1. The summed E-state index contributed by atoms with van der Waals surface area (Å²) in [5, 5.41) is 3.16. The maximum atomic E-state index is 11.6. The molecule has 0 radical (unpaired) electrons. The number of rotatable bonds is 4. The van der Waals surface area contributed by atoms with E-state index in [1.807, 2.05) is 0 Å². The van der Waals surface area contributed by atoms with Crippen molar-refractivity contribution in [3.05, 3.63) is 0 Å². The molecule has 1 saturated heterocycles. The van der Waals surface area contributed by atoms with Gasteiger partial charge in [0.1, 0.15) is 0 Å². The summed E-state index contributed by atoms with van der Waals surface area (Å²) in [6, 6.07) is 0.405. The quantitative estimate of drug-likeness (QED) is 0.802. The lowest BCUT2D eigenvalue weighted by Crippen LogP contribution is -2.38. The van der Waals surface area contributed by atoms with E-state index in [1.54, 1.807) is 13.8 Å². The summed E-state index contributed by atoms with van der Waals surface area (Å²) in [5.74, 6) is 1.06. The number of hydrogen-bond acceptors (Lipinski definition) is 3. The summed E-state index contributed by atoms with van der Waals surface area (Å²) in [4.78, 5) is 0. The van der Waals surface area contributed by atoms with E-state index in [0.717, 1.165) is 25.3 Å². The Morgan fingerprint density at radius 2 is 2.07 bits per heavy atom. The van der Waals surface area contributed by atoms with Gasteiger partial charge in [0, 0.05) is 6.04 Å². The summed E-state index contributed by atoms with van der Waals surface area (Å²) in [6.07, 6.45) is 3.10. The van der Waals surface area contributed by atoms with E-state index in [0.29, 0.717) is 11.8 Å². The molecule has 1 rings (SSSR count). The minimum Gasteiger partial charge on any atom is -0.314 e. The standard InChI is InChI=1S/C11H23NO2S/c1-9(2)15(13,14)7-5-11-8-10(3)4-6-12-11/h9-12H,4-8H2,1-3H3. The molecule has 0 aliphatic carbocycles. The largest absolute Gasteiger partial charge is 0.314 e. The third-order valence-electron chi connectivity index (χ3n) is 3.23. The lowest BCUT2D eigenvalue weighted by atomic mass is 9.93. The van der Waals surface area contributed by atoms with Gasteiger partial charge in [-0.25, -0.2) is 8.42 Å². The highest BCUT2D eigenvalue weighted by Gasteiger charge is 2.22. The van der Waals surface area contributed by atoms with E-state index in [9.17, 15) is 8.42 Å². The maximum Gasteiger partial charge on any atom is 0.152 e. The molecule has 15 heavy (non-hydrogen) atoms. The van der Waals surface area contributed by atoms with Crippen LogP contribution in [-0.2, 0) is 9.84 Å². The molecule has 0 aromatic heterocycles. The molecule has 1 heterocycles. The van der Waals surface area contributed by atoms with E-state index < -0.39 is 9.84 Å². The summed E-state index contributed by atoms with van der Waals surface area (Å²) >= 11 is 0. The van der Waals surface area contributed by atoms with Gasteiger partial charge in [0.25, 0.3) is 0 Å². The van der Waals surface area contributed by atoms with Crippen LogP contribution in [0.3, 0.4) is 0 Å². The smallest absolute Gasteiger partial charge is 0.152 e. The van der Waals surface area contributed by atoms with Gasteiger partial charge in [-0.1, -0.05) is 6.92 Å². The van der Waals surface area contributed by atoms with Crippen LogP contribution in [0, 0.1) is 5.92 Å². The highest BCUT2D eigenvalue weighted by Crippen LogP contribution is 2.18. The zero-order chi connectivity index (χ0) is 11.5. The van der Waals surface area contributed by atoms with Crippen molar-refractivity contribution in [2.24, 2.45) is 5.92 Å². The molecule has 2 atom stereocenters. The maximum absolute atomic E-state index is 11.6. The van der Waals surface area contributed by atoms with Gasteiger partial charge in [-0.05, 0) is 45.6 Å². The van der Waals surface area contributed by atoms with Crippen molar-refractivity contribution in [1.82, 2.24) is 5.32 Å². The Hall–Kier alpha value is -0.0900. The monoisotopic (exact) mass is 233 g/mol. The molecule has 0 aromatic carbocycles. The van der Waals surface area contributed by atoms with Crippen LogP contribution in [0.4, 0.5) is 0 Å².